The number of nitrogens with zero attached hydrogens (tertiary/aromatic N) is 1. The summed E-state index contributed by atoms with van der Waals surface area (Å²) in [5.41, 5.74) is 0.970. The van der Waals surface area contributed by atoms with Crippen LogP contribution in [0.25, 0.3) is 0 Å². The number of nitrogens with one attached hydrogen (secondary N) is 1. The van der Waals surface area contributed by atoms with Crippen molar-refractivity contribution in [1.29, 1.82) is 0 Å². The minimum Gasteiger partial charge on any atom is -0.497 e. The third-order valence-electron chi connectivity index (χ3n) is 3.05. The third-order valence-corrected chi connectivity index (χ3v) is 3.41. The Morgan fingerprint density at radius 2 is 1.84 bits per heavy atom. The molecule has 1 saturated heterocycles. The quantitative estimate of drug-likeness (QED) is 0.842. The Kier molecular flexibility index (Phi) is 4.61. The molecule has 0 amide bonds. The first kappa shape index (κ1) is 14.1. The van der Waals surface area contributed by atoms with Crippen LogP contribution in [0.1, 0.15) is 13.8 Å². The number of benzene rings is 1. The zero-order valence-electron chi connectivity index (χ0n) is 11.6. The fraction of sp³-hybridized carbons (Fsp3) is 0.500. The lowest BCUT2D eigenvalue weighted by Crippen LogP contribution is -2.49. The number of ether oxygens (including phenoxy) is 2. The molecule has 1 aliphatic rings. The highest BCUT2D eigenvalue weighted by atomic mass is 32.1. The smallest absolute Gasteiger partial charge is 0.173 e. The van der Waals surface area contributed by atoms with Gasteiger partial charge in [0.1, 0.15) is 5.75 Å². The minimum atomic E-state index is 0.208. The molecular formula is C14H20N2O2S. The van der Waals surface area contributed by atoms with E-state index in [1.165, 1.54) is 0 Å². The number of methoxy groups -OCH3 is 1. The number of hydrogen-bond acceptors (Lipinski definition) is 3. The highest BCUT2D eigenvalue weighted by Crippen LogP contribution is 2.17. The van der Waals surface area contributed by atoms with Crippen molar-refractivity contribution in [2.75, 3.05) is 25.5 Å². The van der Waals surface area contributed by atoms with Crippen LogP contribution in [0.2, 0.25) is 0 Å². The zero-order valence-corrected chi connectivity index (χ0v) is 12.4. The molecule has 0 spiro atoms. The van der Waals surface area contributed by atoms with Gasteiger partial charge in [-0.1, -0.05) is 0 Å². The van der Waals surface area contributed by atoms with E-state index in [-0.39, 0.29) is 12.2 Å². The van der Waals surface area contributed by atoms with Crippen LogP contribution in [0.4, 0.5) is 5.69 Å². The van der Waals surface area contributed by atoms with Gasteiger partial charge < -0.3 is 19.7 Å². The fourth-order valence-corrected chi connectivity index (χ4v) is 2.49. The first-order valence-electron chi connectivity index (χ1n) is 6.44. The average Bonchev–Trinajstić information content (AvgIpc) is 2.38. The van der Waals surface area contributed by atoms with E-state index in [9.17, 15) is 0 Å². The standard InChI is InChI=1S/C14H20N2O2S/c1-10-8-16(9-11(2)18-10)14(19)15-12-4-6-13(17-3)7-5-12/h4-7,10-11H,8-9H2,1-3H3,(H,15,19)/t10-,11-/m1/s1. The van der Waals surface area contributed by atoms with Gasteiger partial charge in [-0.15, -0.1) is 0 Å². The van der Waals surface area contributed by atoms with Gasteiger partial charge in [0.15, 0.2) is 5.11 Å². The summed E-state index contributed by atoms with van der Waals surface area (Å²) in [6.45, 7) is 5.79. The van der Waals surface area contributed by atoms with Crippen LogP contribution in [0.5, 0.6) is 5.75 Å². The summed E-state index contributed by atoms with van der Waals surface area (Å²) in [6.07, 6.45) is 0.415. The summed E-state index contributed by atoms with van der Waals surface area (Å²) >= 11 is 5.45. The molecule has 104 valence electrons. The predicted molar refractivity (Wildman–Crippen MR) is 80.8 cm³/mol. The van der Waals surface area contributed by atoms with E-state index >= 15 is 0 Å². The van der Waals surface area contributed by atoms with E-state index < -0.39 is 0 Å². The van der Waals surface area contributed by atoms with Crippen molar-refractivity contribution in [2.45, 2.75) is 26.1 Å². The molecule has 0 aliphatic carbocycles. The van der Waals surface area contributed by atoms with Crippen LogP contribution in [0, 0.1) is 0 Å². The monoisotopic (exact) mass is 280 g/mol. The van der Waals surface area contributed by atoms with Gasteiger partial charge in [0.25, 0.3) is 0 Å². The molecule has 4 nitrogen and oxygen atoms in total. The van der Waals surface area contributed by atoms with E-state index in [0.29, 0.717) is 0 Å². The summed E-state index contributed by atoms with van der Waals surface area (Å²) in [6, 6.07) is 7.74. The summed E-state index contributed by atoms with van der Waals surface area (Å²) in [5, 5.41) is 3.99. The van der Waals surface area contributed by atoms with Crippen molar-refractivity contribution < 1.29 is 9.47 Å². The van der Waals surface area contributed by atoms with Crippen LogP contribution in [-0.4, -0.2) is 42.4 Å². The van der Waals surface area contributed by atoms with Gasteiger partial charge in [-0.25, -0.2) is 0 Å². The van der Waals surface area contributed by atoms with Gasteiger partial charge in [0, 0.05) is 18.8 Å². The van der Waals surface area contributed by atoms with Gasteiger partial charge in [-0.05, 0) is 50.3 Å². The first-order valence-corrected chi connectivity index (χ1v) is 6.84. The molecule has 2 rings (SSSR count). The molecule has 0 unspecified atom stereocenters. The van der Waals surface area contributed by atoms with Gasteiger partial charge in [0.2, 0.25) is 0 Å². The van der Waals surface area contributed by atoms with Gasteiger partial charge in [-0.2, -0.15) is 0 Å². The average molecular weight is 280 g/mol. The van der Waals surface area contributed by atoms with E-state index in [2.05, 4.69) is 24.1 Å². The topological polar surface area (TPSA) is 33.7 Å². The zero-order chi connectivity index (χ0) is 13.8. The second-order valence-electron chi connectivity index (χ2n) is 4.82. The Balaban J connectivity index is 1.96. The van der Waals surface area contributed by atoms with E-state index in [1.807, 2.05) is 24.3 Å². The summed E-state index contributed by atoms with van der Waals surface area (Å²) in [5.74, 6) is 0.838. The van der Waals surface area contributed by atoms with Crippen molar-refractivity contribution in [3.05, 3.63) is 24.3 Å². The molecule has 1 aromatic rings. The van der Waals surface area contributed by atoms with Crippen molar-refractivity contribution >= 4 is 23.0 Å². The van der Waals surface area contributed by atoms with Gasteiger partial charge in [0.05, 0.1) is 19.3 Å². The second-order valence-corrected chi connectivity index (χ2v) is 5.21. The fourth-order valence-electron chi connectivity index (χ4n) is 2.22. The molecule has 0 aromatic heterocycles. The Labute approximate surface area is 119 Å². The van der Waals surface area contributed by atoms with Gasteiger partial charge in [-0.3, -0.25) is 0 Å². The molecule has 1 fully saturated rings. The van der Waals surface area contributed by atoms with Crippen LogP contribution < -0.4 is 10.1 Å². The molecule has 0 saturated carbocycles. The number of thiocarbonyl (C=S) groups is 1. The van der Waals surface area contributed by atoms with Crippen molar-refractivity contribution in [2.24, 2.45) is 0 Å². The molecule has 1 heterocycles. The van der Waals surface area contributed by atoms with E-state index in [0.717, 1.165) is 29.6 Å². The highest BCUT2D eigenvalue weighted by molar-refractivity contribution is 7.80. The molecule has 0 radical (unpaired) electrons. The molecular weight excluding hydrogens is 260 g/mol. The number of hydrogen-bond donors (Lipinski definition) is 1. The maximum Gasteiger partial charge on any atom is 0.173 e. The largest absolute Gasteiger partial charge is 0.497 e. The Hall–Kier alpha value is -1.33. The maximum absolute atomic E-state index is 5.70. The second kappa shape index (κ2) is 6.21. The molecule has 1 aromatic carbocycles. The van der Waals surface area contributed by atoms with Crippen LogP contribution >= 0.6 is 12.2 Å². The lowest BCUT2D eigenvalue weighted by atomic mass is 10.2. The SMILES string of the molecule is COc1ccc(NC(=S)N2C[C@@H](C)O[C@H](C)C2)cc1. The van der Waals surface area contributed by atoms with Gasteiger partial charge >= 0.3 is 0 Å². The molecule has 0 bridgehead atoms. The summed E-state index contributed by atoms with van der Waals surface area (Å²) < 4.78 is 10.8. The van der Waals surface area contributed by atoms with E-state index in [1.54, 1.807) is 7.11 Å². The van der Waals surface area contributed by atoms with Crippen LogP contribution in [0.15, 0.2) is 24.3 Å². The predicted octanol–water partition coefficient (Wildman–Crippen LogP) is 2.50. The molecule has 5 heteroatoms. The van der Waals surface area contributed by atoms with Crippen molar-refractivity contribution in [3.8, 4) is 5.75 Å². The summed E-state index contributed by atoms with van der Waals surface area (Å²) in [7, 11) is 1.66. The number of morpholine rings is 1. The lowest BCUT2D eigenvalue weighted by Gasteiger charge is -2.36. The van der Waals surface area contributed by atoms with E-state index in [4.69, 9.17) is 21.7 Å². The Morgan fingerprint density at radius 1 is 1.26 bits per heavy atom. The number of anilines is 1. The third kappa shape index (κ3) is 3.81. The summed E-state index contributed by atoms with van der Waals surface area (Å²) in [4.78, 5) is 2.15. The normalized spacial score (nSPS) is 23.0. The Bertz CT molecular complexity index is 426. The molecule has 1 aliphatic heterocycles. The lowest BCUT2D eigenvalue weighted by molar-refractivity contribution is -0.0473. The minimum absolute atomic E-state index is 0.208. The van der Waals surface area contributed by atoms with Crippen LogP contribution in [0.3, 0.4) is 0 Å². The Morgan fingerprint density at radius 3 is 2.37 bits per heavy atom. The van der Waals surface area contributed by atoms with Crippen LogP contribution in [-0.2, 0) is 4.74 Å². The molecule has 19 heavy (non-hydrogen) atoms. The van der Waals surface area contributed by atoms with Crippen molar-refractivity contribution in [3.63, 3.8) is 0 Å². The first-order chi connectivity index (χ1) is 9.08. The van der Waals surface area contributed by atoms with Crippen molar-refractivity contribution in [1.82, 2.24) is 4.90 Å². The highest BCUT2D eigenvalue weighted by Gasteiger charge is 2.23. The number of rotatable bonds is 2. The molecule has 1 N–H and O–H groups in total. The molecule has 2 atom stereocenters. The maximum atomic E-state index is 5.70.